The lowest BCUT2D eigenvalue weighted by Crippen LogP contribution is -2.26. The Morgan fingerprint density at radius 2 is 1.85 bits per heavy atom. The number of nitrogens with zero attached hydrogens (tertiary/aromatic N) is 1. The third kappa shape index (κ3) is 1.83. The van der Waals surface area contributed by atoms with Crippen molar-refractivity contribution >= 4 is 17.3 Å². The number of hydrogen-bond acceptors (Lipinski definition) is 2. The van der Waals surface area contributed by atoms with Crippen LogP contribution in [0.25, 0.3) is 0 Å². The zero-order chi connectivity index (χ0) is 13.5. The van der Waals surface area contributed by atoms with Gasteiger partial charge in [0, 0.05) is 16.5 Å². The van der Waals surface area contributed by atoms with Crippen LogP contribution in [-0.4, -0.2) is 5.71 Å². The Hall–Kier alpha value is -1.80. The average Bonchev–Trinajstić information content (AvgIpc) is 2.92. The maximum atomic E-state index is 5.97. The van der Waals surface area contributed by atoms with Crippen LogP contribution < -0.4 is 5.43 Å². The van der Waals surface area contributed by atoms with Crippen LogP contribution in [0.5, 0.6) is 0 Å². The highest BCUT2D eigenvalue weighted by Gasteiger charge is 2.36. The lowest BCUT2D eigenvalue weighted by Gasteiger charge is -2.26. The van der Waals surface area contributed by atoms with Crippen LogP contribution in [-0.2, 0) is 6.42 Å². The smallest absolute Gasteiger partial charge is 0.0774 e. The summed E-state index contributed by atoms with van der Waals surface area (Å²) < 4.78 is 0. The fraction of sp³-hybridized carbons (Fsp3) is 0.235. The van der Waals surface area contributed by atoms with Gasteiger partial charge in [-0.1, -0.05) is 48.0 Å². The van der Waals surface area contributed by atoms with Gasteiger partial charge in [0.2, 0.25) is 0 Å². The summed E-state index contributed by atoms with van der Waals surface area (Å²) in [7, 11) is 0. The largest absolute Gasteiger partial charge is 0.302 e. The van der Waals surface area contributed by atoms with Gasteiger partial charge in [-0.05, 0) is 36.1 Å². The predicted octanol–water partition coefficient (Wildman–Crippen LogP) is 3.95. The number of fused-ring (bicyclic) bond motifs is 3. The Labute approximate surface area is 123 Å². The lowest BCUT2D eigenvalue weighted by atomic mass is 9.77. The quantitative estimate of drug-likeness (QED) is 0.841. The minimum Gasteiger partial charge on any atom is -0.302 e. The number of hydrazone groups is 1. The molecule has 1 aliphatic carbocycles. The maximum absolute atomic E-state index is 5.97. The second-order valence-corrected chi connectivity index (χ2v) is 5.89. The summed E-state index contributed by atoms with van der Waals surface area (Å²) in [5.74, 6) is 0.464. The highest BCUT2D eigenvalue weighted by Crippen LogP contribution is 2.38. The van der Waals surface area contributed by atoms with Gasteiger partial charge in [-0.2, -0.15) is 5.10 Å². The molecule has 0 amide bonds. The second kappa shape index (κ2) is 4.64. The van der Waals surface area contributed by atoms with Crippen molar-refractivity contribution in [2.75, 3.05) is 0 Å². The number of rotatable bonds is 1. The minimum absolute atomic E-state index is 0.274. The van der Waals surface area contributed by atoms with Crippen LogP contribution in [0.15, 0.2) is 53.6 Å². The van der Waals surface area contributed by atoms with Crippen molar-refractivity contribution < 1.29 is 0 Å². The highest BCUT2D eigenvalue weighted by atomic mass is 35.5. The zero-order valence-electron chi connectivity index (χ0n) is 11.0. The Morgan fingerprint density at radius 3 is 2.70 bits per heavy atom. The van der Waals surface area contributed by atoms with Gasteiger partial charge in [0.05, 0.1) is 11.8 Å². The van der Waals surface area contributed by atoms with Gasteiger partial charge >= 0.3 is 0 Å². The lowest BCUT2D eigenvalue weighted by molar-refractivity contribution is 0.467. The van der Waals surface area contributed by atoms with E-state index >= 15 is 0 Å². The van der Waals surface area contributed by atoms with E-state index in [1.54, 1.807) is 0 Å². The topological polar surface area (TPSA) is 24.4 Å². The molecular formula is C17H15ClN2. The third-order valence-electron chi connectivity index (χ3n) is 4.32. The molecule has 100 valence electrons. The van der Waals surface area contributed by atoms with E-state index in [-0.39, 0.29) is 6.04 Å². The molecule has 4 rings (SSSR count). The number of aryl methyl sites for hydroxylation is 1. The van der Waals surface area contributed by atoms with Crippen molar-refractivity contribution in [2.45, 2.75) is 18.9 Å². The summed E-state index contributed by atoms with van der Waals surface area (Å²) in [6.07, 6.45) is 2.28. The van der Waals surface area contributed by atoms with E-state index in [1.807, 2.05) is 12.1 Å². The SMILES string of the molecule is Clc1ccc([C@H]2NN=C3c4ccccc4CC[C@@H]32)cc1. The zero-order valence-corrected chi connectivity index (χ0v) is 11.8. The molecule has 1 aliphatic heterocycles. The standard InChI is InChI=1S/C17H15ClN2/c18-13-8-5-12(6-9-13)16-15-10-7-11-3-1-2-4-14(11)17(15)20-19-16/h1-6,8-9,15-16,19H,7,10H2/t15-,16-/m1/s1. The molecule has 0 unspecified atom stereocenters. The summed E-state index contributed by atoms with van der Waals surface area (Å²) >= 11 is 5.97. The summed E-state index contributed by atoms with van der Waals surface area (Å²) in [6.45, 7) is 0. The first-order chi connectivity index (χ1) is 9.83. The molecular weight excluding hydrogens is 268 g/mol. The van der Waals surface area contributed by atoms with Gasteiger partial charge < -0.3 is 5.43 Å². The molecule has 2 aromatic carbocycles. The van der Waals surface area contributed by atoms with E-state index in [0.29, 0.717) is 5.92 Å². The first-order valence-electron chi connectivity index (χ1n) is 7.00. The number of hydrogen-bond donors (Lipinski definition) is 1. The summed E-state index contributed by atoms with van der Waals surface area (Å²) in [6, 6.07) is 17.0. The summed E-state index contributed by atoms with van der Waals surface area (Å²) in [5, 5.41) is 5.39. The van der Waals surface area contributed by atoms with Crippen LogP contribution in [0.2, 0.25) is 5.02 Å². The fourth-order valence-electron chi connectivity index (χ4n) is 3.31. The van der Waals surface area contributed by atoms with Crippen molar-refractivity contribution in [1.82, 2.24) is 5.43 Å². The van der Waals surface area contributed by atoms with Crippen LogP contribution in [0, 0.1) is 5.92 Å². The molecule has 1 N–H and O–H groups in total. The molecule has 0 saturated carbocycles. The third-order valence-corrected chi connectivity index (χ3v) is 4.58. The monoisotopic (exact) mass is 282 g/mol. The molecule has 2 aromatic rings. The molecule has 2 aliphatic rings. The predicted molar refractivity (Wildman–Crippen MR) is 82.1 cm³/mol. The minimum atomic E-state index is 0.274. The van der Waals surface area contributed by atoms with Crippen LogP contribution in [0.4, 0.5) is 0 Å². The Bertz CT molecular complexity index is 676. The Kier molecular flexibility index (Phi) is 2.78. The maximum Gasteiger partial charge on any atom is 0.0774 e. The van der Waals surface area contributed by atoms with E-state index in [0.717, 1.165) is 17.9 Å². The van der Waals surface area contributed by atoms with Crippen molar-refractivity contribution in [1.29, 1.82) is 0 Å². The van der Waals surface area contributed by atoms with E-state index in [4.69, 9.17) is 11.6 Å². The number of benzene rings is 2. The van der Waals surface area contributed by atoms with Crippen LogP contribution >= 0.6 is 11.6 Å². The van der Waals surface area contributed by atoms with Gasteiger partial charge in [0.15, 0.2) is 0 Å². The molecule has 1 heterocycles. The molecule has 2 atom stereocenters. The highest BCUT2D eigenvalue weighted by molar-refractivity contribution is 6.30. The first-order valence-corrected chi connectivity index (χ1v) is 7.37. The van der Waals surface area contributed by atoms with Crippen LogP contribution in [0.1, 0.15) is 29.2 Å². The Balaban J connectivity index is 1.69. The molecule has 0 fully saturated rings. The molecule has 0 spiro atoms. The first kappa shape index (κ1) is 12.0. The van der Waals surface area contributed by atoms with Crippen molar-refractivity contribution in [2.24, 2.45) is 11.0 Å². The van der Waals surface area contributed by atoms with Crippen LogP contribution in [0.3, 0.4) is 0 Å². The summed E-state index contributed by atoms with van der Waals surface area (Å²) in [4.78, 5) is 0. The van der Waals surface area contributed by atoms with Crippen molar-refractivity contribution in [3.63, 3.8) is 0 Å². The molecule has 3 heteroatoms. The van der Waals surface area contributed by atoms with Gasteiger partial charge in [0.1, 0.15) is 0 Å². The van der Waals surface area contributed by atoms with E-state index < -0.39 is 0 Å². The Morgan fingerprint density at radius 1 is 1.05 bits per heavy atom. The normalized spacial score (nSPS) is 23.6. The number of nitrogens with one attached hydrogen (secondary N) is 1. The van der Waals surface area contributed by atoms with E-state index in [9.17, 15) is 0 Å². The molecule has 20 heavy (non-hydrogen) atoms. The van der Waals surface area contributed by atoms with Crippen molar-refractivity contribution in [3.05, 3.63) is 70.2 Å². The van der Waals surface area contributed by atoms with E-state index in [1.165, 1.54) is 22.4 Å². The number of halogens is 1. The second-order valence-electron chi connectivity index (χ2n) is 5.46. The van der Waals surface area contributed by atoms with Crippen molar-refractivity contribution in [3.8, 4) is 0 Å². The summed E-state index contributed by atoms with van der Waals surface area (Å²) in [5.41, 5.74) is 8.53. The van der Waals surface area contributed by atoms with Gasteiger partial charge in [-0.15, -0.1) is 0 Å². The molecule has 2 nitrogen and oxygen atoms in total. The molecule has 0 saturated heterocycles. The molecule has 0 aromatic heterocycles. The molecule has 0 bridgehead atoms. The fourth-order valence-corrected chi connectivity index (χ4v) is 3.44. The van der Waals surface area contributed by atoms with E-state index in [2.05, 4.69) is 46.9 Å². The van der Waals surface area contributed by atoms with Gasteiger partial charge in [-0.25, -0.2) is 0 Å². The van der Waals surface area contributed by atoms with Gasteiger partial charge in [0.25, 0.3) is 0 Å². The van der Waals surface area contributed by atoms with Gasteiger partial charge in [-0.3, -0.25) is 0 Å². The molecule has 0 radical (unpaired) electrons. The average molecular weight is 283 g/mol.